The standard InChI is InChI=1S/C18H23N3O3/c1-4-13(2)11-21(3)18(23)20-16-7-5-6-15(10-16)19-17(22)14-8-9-24-12-14/h5-10,12-13H,4,11H2,1-3H3,(H,19,22)(H,20,23). The van der Waals surface area contributed by atoms with Crippen LogP contribution in [0.3, 0.4) is 0 Å². The van der Waals surface area contributed by atoms with Crippen molar-refractivity contribution >= 4 is 23.3 Å². The van der Waals surface area contributed by atoms with Gasteiger partial charge in [0.1, 0.15) is 6.26 Å². The molecule has 0 aliphatic carbocycles. The quantitative estimate of drug-likeness (QED) is 0.840. The molecule has 128 valence electrons. The maximum absolute atomic E-state index is 12.2. The van der Waals surface area contributed by atoms with Crippen molar-refractivity contribution < 1.29 is 14.0 Å². The smallest absolute Gasteiger partial charge is 0.321 e. The Kier molecular flexibility index (Phi) is 6.01. The van der Waals surface area contributed by atoms with Gasteiger partial charge in [0.15, 0.2) is 0 Å². The average Bonchev–Trinajstić information content (AvgIpc) is 3.09. The van der Waals surface area contributed by atoms with E-state index in [9.17, 15) is 9.59 Å². The van der Waals surface area contributed by atoms with E-state index >= 15 is 0 Å². The second-order valence-electron chi connectivity index (χ2n) is 5.87. The Hall–Kier alpha value is -2.76. The van der Waals surface area contributed by atoms with Gasteiger partial charge in [0.2, 0.25) is 0 Å². The molecule has 1 atom stereocenters. The molecule has 24 heavy (non-hydrogen) atoms. The van der Waals surface area contributed by atoms with E-state index in [4.69, 9.17) is 4.42 Å². The fourth-order valence-electron chi connectivity index (χ4n) is 2.17. The van der Waals surface area contributed by atoms with E-state index < -0.39 is 0 Å². The summed E-state index contributed by atoms with van der Waals surface area (Å²) >= 11 is 0. The third kappa shape index (κ3) is 4.87. The van der Waals surface area contributed by atoms with Gasteiger partial charge in [0.25, 0.3) is 5.91 Å². The molecule has 1 unspecified atom stereocenters. The van der Waals surface area contributed by atoms with E-state index in [1.807, 2.05) is 0 Å². The Balaban J connectivity index is 1.97. The van der Waals surface area contributed by atoms with Gasteiger partial charge in [0, 0.05) is 25.0 Å². The van der Waals surface area contributed by atoms with Gasteiger partial charge in [-0.2, -0.15) is 0 Å². The van der Waals surface area contributed by atoms with E-state index in [0.29, 0.717) is 29.4 Å². The fourth-order valence-corrected chi connectivity index (χ4v) is 2.17. The first-order valence-corrected chi connectivity index (χ1v) is 7.95. The third-order valence-corrected chi connectivity index (χ3v) is 3.78. The monoisotopic (exact) mass is 329 g/mol. The molecule has 6 heteroatoms. The molecule has 1 heterocycles. The van der Waals surface area contributed by atoms with Gasteiger partial charge in [-0.3, -0.25) is 4.79 Å². The lowest BCUT2D eigenvalue weighted by molar-refractivity contribution is 0.102. The van der Waals surface area contributed by atoms with Crippen LogP contribution in [0.15, 0.2) is 47.3 Å². The molecular weight excluding hydrogens is 306 g/mol. The van der Waals surface area contributed by atoms with Crippen LogP contribution in [0.1, 0.15) is 30.6 Å². The number of carbonyl (C=O) groups is 2. The topological polar surface area (TPSA) is 74.6 Å². The number of hydrogen-bond donors (Lipinski definition) is 2. The van der Waals surface area contributed by atoms with Crippen LogP contribution in [0.25, 0.3) is 0 Å². The van der Waals surface area contributed by atoms with E-state index in [1.54, 1.807) is 42.3 Å². The van der Waals surface area contributed by atoms with Crippen LogP contribution in [0.4, 0.5) is 16.2 Å². The molecule has 0 saturated heterocycles. The number of hydrogen-bond acceptors (Lipinski definition) is 3. The summed E-state index contributed by atoms with van der Waals surface area (Å²) in [5.74, 6) is 0.183. The fraction of sp³-hybridized carbons (Fsp3) is 0.333. The van der Waals surface area contributed by atoms with Crippen LogP contribution in [-0.4, -0.2) is 30.4 Å². The van der Waals surface area contributed by atoms with Gasteiger partial charge in [-0.1, -0.05) is 26.3 Å². The van der Waals surface area contributed by atoms with Crippen molar-refractivity contribution in [1.82, 2.24) is 4.90 Å². The summed E-state index contributed by atoms with van der Waals surface area (Å²) in [4.78, 5) is 25.9. The molecule has 0 aliphatic rings. The Labute approximate surface area is 141 Å². The molecule has 3 amide bonds. The highest BCUT2D eigenvalue weighted by molar-refractivity contribution is 6.04. The van der Waals surface area contributed by atoms with Crippen molar-refractivity contribution in [2.24, 2.45) is 5.92 Å². The number of nitrogens with one attached hydrogen (secondary N) is 2. The maximum atomic E-state index is 12.2. The Morgan fingerprint density at radius 3 is 2.54 bits per heavy atom. The number of carbonyl (C=O) groups excluding carboxylic acids is 2. The Bertz CT molecular complexity index is 683. The molecule has 0 aliphatic heterocycles. The normalized spacial score (nSPS) is 11.6. The number of amides is 3. The van der Waals surface area contributed by atoms with Gasteiger partial charge in [-0.15, -0.1) is 0 Å². The van der Waals surface area contributed by atoms with Crippen LogP contribution in [0, 0.1) is 5.92 Å². The van der Waals surface area contributed by atoms with Crippen molar-refractivity contribution in [2.75, 3.05) is 24.2 Å². The minimum atomic E-state index is -0.263. The molecule has 2 aromatic rings. The molecule has 0 radical (unpaired) electrons. The van der Waals surface area contributed by atoms with Gasteiger partial charge in [-0.25, -0.2) is 4.79 Å². The predicted molar refractivity (Wildman–Crippen MR) is 94.2 cm³/mol. The average molecular weight is 329 g/mol. The largest absolute Gasteiger partial charge is 0.472 e. The summed E-state index contributed by atoms with van der Waals surface area (Å²) < 4.78 is 4.89. The first-order chi connectivity index (χ1) is 11.5. The minimum Gasteiger partial charge on any atom is -0.472 e. The van der Waals surface area contributed by atoms with Crippen LogP contribution in [0.2, 0.25) is 0 Å². The number of rotatable bonds is 6. The summed E-state index contributed by atoms with van der Waals surface area (Å²) in [5, 5.41) is 5.60. The molecule has 0 bridgehead atoms. The number of anilines is 2. The predicted octanol–water partition coefficient (Wildman–Crippen LogP) is 4.04. The summed E-state index contributed by atoms with van der Waals surface area (Å²) in [6, 6.07) is 8.44. The number of benzene rings is 1. The Morgan fingerprint density at radius 1 is 1.21 bits per heavy atom. The summed E-state index contributed by atoms with van der Waals surface area (Å²) in [7, 11) is 1.77. The number of urea groups is 1. The van der Waals surface area contributed by atoms with Gasteiger partial charge < -0.3 is 20.0 Å². The summed E-state index contributed by atoms with van der Waals surface area (Å²) in [5.41, 5.74) is 1.67. The zero-order valence-corrected chi connectivity index (χ0v) is 14.2. The van der Waals surface area contributed by atoms with Crippen molar-refractivity contribution in [3.8, 4) is 0 Å². The Morgan fingerprint density at radius 2 is 1.92 bits per heavy atom. The lowest BCUT2D eigenvalue weighted by atomic mass is 10.1. The van der Waals surface area contributed by atoms with Crippen molar-refractivity contribution in [2.45, 2.75) is 20.3 Å². The first-order valence-electron chi connectivity index (χ1n) is 7.95. The first kappa shape index (κ1) is 17.6. The van der Waals surface area contributed by atoms with Gasteiger partial charge in [-0.05, 0) is 30.2 Å². The molecule has 0 spiro atoms. The minimum absolute atomic E-state index is 0.173. The van der Waals surface area contributed by atoms with Crippen molar-refractivity contribution in [1.29, 1.82) is 0 Å². The van der Waals surface area contributed by atoms with Gasteiger partial charge in [0.05, 0.1) is 11.8 Å². The highest BCUT2D eigenvalue weighted by Gasteiger charge is 2.12. The lowest BCUT2D eigenvalue weighted by Crippen LogP contribution is -2.34. The highest BCUT2D eigenvalue weighted by atomic mass is 16.3. The van der Waals surface area contributed by atoms with Crippen LogP contribution in [-0.2, 0) is 0 Å². The molecular formula is C18H23N3O3. The molecule has 6 nitrogen and oxygen atoms in total. The van der Waals surface area contributed by atoms with E-state index in [1.165, 1.54) is 12.5 Å². The van der Waals surface area contributed by atoms with Crippen molar-refractivity contribution in [3.63, 3.8) is 0 Å². The van der Waals surface area contributed by atoms with Crippen molar-refractivity contribution in [3.05, 3.63) is 48.4 Å². The number of furan rings is 1. The second kappa shape index (κ2) is 8.19. The summed E-state index contributed by atoms with van der Waals surface area (Å²) in [6.07, 6.45) is 3.84. The zero-order valence-electron chi connectivity index (χ0n) is 14.2. The SMILES string of the molecule is CCC(C)CN(C)C(=O)Nc1cccc(NC(=O)c2ccoc2)c1. The molecule has 2 N–H and O–H groups in total. The lowest BCUT2D eigenvalue weighted by Gasteiger charge is -2.21. The second-order valence-corrected chi connectivity index (χ2v) is 5.87. The number of nitrogens with zero attached hydrogens (tertiary/aromatic N) is 1. The maximum Gasteiger partial charge on any atom is 0.321 e. The van der Waals surface area contributed by atoms with E-state index in [-0.39, 0.29) is 11.9 Å². The van der Waals surface area contributed by atoms with Crippen LogP contribution < -0.4 is 10.6 Å². The van der Waals surface area contributed by atoms with E-state index in [2.05, 4.69) is 24.5 Å². The molecule has 2 rings (SSSR count). The van der Waals surface area contributed by atoms with Crippen LogP contribution in [0.5, 0.6) is 0 Å². The molecule has 0 saturated carbocycles. The van der Waals surface area contributed by atoms with Gasteiger partial charge >= 0.3 is 6.03 Å². The van der Waals surface area contributed by atoms with E-state index in [0.717, 1.165) is 6.42 Å². The van der Waals surface area contributed by atoms with Crippen LogP contribution >= 0.6 is 0 Å². The molecule has 1 aromatic carbocycles. The molecule has 1 aromatic heterocycles. The zero-order chi connectivity index (χ0) is 17.5. The third-order valence-electron chi connectivity index (χ3n) is 3.78. The molecule has 0 fully saturated rings. The highest BCUT2D eigenvalue weighted by Crippen LogP contribution is 2.17. The summed E-state index contributed by atoms with van der Waals surface area (Å²) in [6.45, 7) is 4.90.